The Labute approximate surface area is 168 Å². The predicted octanol–water partition coefficient (Wildman–Crippen LogP) is 4.36. The van der Waals surface area contributed by atoms with Crippen molar-refractivity contribution in [2.45, 2.75) is 23.7 Å². The molecule has 0 radical (unpaired) electrons. The third kappa shape index (κ3) is 3.66. The van der Waals surface area contributed by atoms with Crippen molar-refractivity contribution in [2.24, 2.45) is 0 Å². The number of nitrogens with zero attached hydrogens (tertiary/aromatic N) is 3. The summed E-state index contributed by atoms with van der Waals surface area (Å²) >= 11 is 6.48. The van der Waals surface area contributed by atoms with Gasteiger partial charge in [0.1, 0.15) is 0 Å². The van der Waals surface area contributed by atoms with Crippen molar-refractivity contribution in [1.29, 1.82) is 0 Å². The van der Waals surface area contributed by atoms with Gasteiger partial charge in [-0.1, -0.05) is 29.2 Å². The Balaban J connectivity index is 1.49. The van der Waals surface area contributed by atoms with E-state index in [0.717, 1.165) is 29.0 Å². The lowest BCUT2D eigenvalue weighted by Crippen LogP contribution is -2.40. The number of carbonyl (C=O) groups is 1. The zero-order chi connectivity index (χ0) is 17.9. The molecule has 26 heavy (non-hydrogen) atoms. The van der Waals surface area contributed by atoms with Crippen LogP contribution in [0, 0.1) is 0 Å². The van der Waals surface area contributed by atoms with Gasteiger partial charge in [-0.05, 0) is 41.8 Å². The van der Waals surface area contributed by atoms with Gasteiger partial charge < -0.3 is 10.2 Å². The summed E-state index contributed by atoms with van der Waals surface area (Å²) in [6.45, 7) is 3.61. The molecule has 1 N–H and O–H groups in total. The first kappa shape index (κ1) is 18.0. The number of hydrogen-bond acceptors (Lipinski definition) is 8. The van der Waals surface area contributed by atoms with Gasteiger partial charge in [-0.25, -0.2) is 0 Å². The molecule has 0 aliphatic carbocycles. The third-order valence-corrected chi connectivity index (χ3v) is 8.07. The SMILES string of the molecule is CCNc1nnc(SCC(=O)N2CCc3sccc3[C@@H]2c2cccs2)s1. The second kappa shape index (κ2) is 8.08. The van der Waals surface area contributed by atoms with Crippen LogP contribution in [0.2, 0.25) is 0 Å². The molecule has 0 bridgehead atoms. The van der Waals surface area contributed by atoms with E-state index in [2.05, 4.69) is 44.5 Å². The summed E-state index contributed by atoms with van der Waals surface area (Å²) in [5.41, 5.74) is 1.28. The highest BCUT2D eigenvalue weighted by atomic mass is 32.2. The van der Waals surface area contributed by atoms with Crippen LogP contribution in [0.1, 0.15) is 28.3 Å². The van der Waals surface area contributed by atoms with Gasteiger partial charge in [0.25, 0.3) is 0 Å². The van der Waals surface area contributed by atoms with Crippen molar-refractivity contribution in [2.75, 3.05) is 24.2 Å². The number of thioether (sulfide) groups is 1. The minimum absolute atomic E-state index is 0.0461. The third-order valence-electron chi connectivity index (χ3n) is 4.15. The number of amides is 1. The first-order valence-corrected chi connectivity index (χ1v) is 11.9. The number of carbonyl (C=O) groups excluding carboxylic acids is 1. The monoisotopic (exact) mass is 422 g/mol. The van der Waals surface area contributed by atoms with Gasteiger partial charge >= 0.3 is 0 Å². The molecule has 1 aliphatic rings. The van der Waals surface area contributed by atoms with Gasteiger partial charge in [0.2, 0.25) is 11.0 Å². The second-order valence-electron chi connectivity index (χ2n) is 5.75. The minimum Gasteiger partial charge on any atom is -0.360 e. The maximum atomic E-state index is 13.0. The van der Waals surface area contributed by atoms with E-state index in [1.165, 1.54) is 38.4 Å². The molecule has 4 rings (SSSR count). The predicted molar refractivity (Wildman–Crippen MR) is 111 cm³/mol. The summed E-state index contributed by atoms with van der Waals surface area (Å²) in [4.78, 5) is 17.7. The molecule has 3 aromatic rings. The molecule has 0 saturated carbocycles. The van der Waals surface area contributed by atoms with Crippen LogP contribution in [-0.2, 0) is 11.2 Å². The molecule has 1 amide bonds. The standard InChI is InChI=1S/C17H18N4OS4/c1-2-18-16-19-20-17(26-16)25-10-14(22)21-7-5-12-11(6-9-24-12)15(21)13-4-3-8-23-13/h3-4,6,8-9,15H,2,5,7,10H2,1H3,(H,18,19)/t15-/m1/s1. The number of nitrogens with one attached hydrogen (secondary N) is 1. The first-order valence-electron chi connectivity index (χ1n) is 8.35. The van der Waals surface area contributed by atoms with Crippen molar-refractivity contribution in [1.82, 2.24) is 15.1 Å². The van der Waals surface area contributed by atoms with Crippen molar-refractivity contribution < 1.29 is 4.79 Å². The summed E-state index contributed by atoms with van der Waals surface area (Å²) in [6, 6.07) is 6.40. The van der Waals surface area contributed by atoms with Crippen molar-refractivity contribution in [3.05, 3.63) is 44.3 Å². The van der Waals surface area contributed by atoms with Crippen LogP contribution in [0.3, 0.4) is 0 Å². The van der Waals surface area contributed by atoms with Crippen molar-refractivity contribution >= 4 is 56.8 Å². The Bertz CT molecular complexity index is 873. The molecule has 0 saturated heterocycles. The van der Waals surface area contributed by atoms with Gasteiger partial charge in [-0.3, -0.25) is 4.79 Å². The molecule has 136 valence electrons. The largest absolute Gasteiger partial charge is 0.360 e. The van der Waals surface area contributed by atoms with Crippen molar-refractivity contribution in [3.63, 3.8) is 0 Å². The molecule has 0 fully saturated rings. The molecule has 1 aliphatic heterocycles. The van der Waals surface area contributed by atoms with Gasteiger partial charge in [0, 0.05) is 22.8 Å². The zero-order valence-electron chi connectivity index (χ0n) is 14.2. The Morgan fingerprint density at radius 2 is 2.27 bits per heavy atom. The Kier molecular flexibility index (Phi) is 5.58. The van der Waals surface area contributed by atoms with E-state index in [1.807, 2.05) is 11.8 Å². The van der Waals surface area contributed by atoms with Crippen LogP contribution < -0.4 is 5.32 Å². The van der Waals surface area contributed by atoms with Gasteiger partial charge in [0.05, 0.1) is 11.8 Å². The van der Waals surface area contributed by atoms with E-state index in [0.29, 0.717) is 5.75 Å². The highest BCUT2D eigenvalue weighted by molar-refractivity contribution is 8.01. The lowest BCUT2D eigenvalue weighted by Gasteiger charge is -2.35. The highest BCUT2D eigenvalue weighted by Gasteiger charge is 2.33. The normalized spacial score (nSPS) is 16.5. The molecular weight excluding hydrogens is 404 g/mol. The molecule has 1 atom stereocenters. The van der Waals surface area contributed by atoms with E-state index in [9.17, 15) is 4.79 Å². The number of aromatic nitrogens is 2. The van der Waals surface area contributed by atoms with Crippen LogP contribution in [-0.4, -0.2) is 39.8 Å². The van der Waals surface area contributed by atoms with E-state index in [1.54, 1.807) is 22.7 Å². The smallest absolute Gasteiger partial charge is 0.233 e. The van der Waals surface area contributed by atoms with E-state index < -0.39 is 0 Å². The molecule has 0 unspecified atom stereocenters. The van der Waals surface area contributed by atoms with Crippen LogP contribution in [0.5, 0.6) is 0 Å². The number of anilines is 1. The Morgan fingerprint density at radius 3 is 3.08 bits per heavy atom. The quantitative estimate of drug-likeness (QED) is 0.598. The van der Waals surface area contributed by atoms with Gasteiger partial charge in [0.15, 0.2) is 4.34 Å². The summed E-state index contributed by atoms with van der Waals surface area (Å²) in [5, 5.41) is 16.4. The molecule has 9 heteroatoms. The summed E-state index contributed by atoms with van der Waals surface area (Å²) in [7, 11) is 0. The molecule has 0 spiro atoms. The average Bonchev–Trinajstić information content (AvgIpc) is 3.40. The first-order chi connectivity index (χ1) is 12.8. The molecular formula is C17H18N4OS4. The van der Waals surface area contributed by atoms with Crippen LogP contribution in [0.15, 0.2) is 33.3 Å². The van der Waals surface area contributed by atoms with Crippen LogP contribution >= 0.6 is 45.8 Å². The number of hydrogen-bond donors (Lipinski definition) is 1. The summed E-state index contributed by atoms with van der Waals surface area (Å²) in [5.74, 6) is 0.549. The molecule has 3 aromatic heterocycles. The summed E-state index contributed by atoms with van der Waals surface area (Å²) < 4.78 is 0.829. The van der Waals surface area contributed by atoms with E-state index in [-0.39, 0.29) is 11.9 Å². The fourth-order valence-electron chi connectivity index (χ4n) is 3.04. The second-order valence-corrected chi connectivity index (χ2v) is 9.93. The summed E-state index contributed by atoms with van der Waals surface area (Å²) in [6.07, 6.45) is 0.939. The molecule has 5 nitrogen and oxygen atoms in total. The molecule has 4 heterocycles. The Hall–Kier alpha value is -1.42. The minimum atomic E-state index is 0.0461. The van der Waals surface area contributed by atoms with Crippen molar-refractivity contribution in [3.8, 4) is 0 Å². The average molecular weight is 423 g/mol. The van der Waals surface area contributed by atoms with Crippen LogP contribution in [0.25, 0.3) is 0 Å². The van der Waals surface area contributed by atoms with E-state index in [4.69, 9.17) is 0 Å². The zero-order valence-corrected chi connectivity index (χ0v) is 17.4. The van der Waals surface area contributed by atoms with Crippen LogP contribution in [0.4, 0.5) is 5.13 Å². The number of thiophene rings is 2. The van der Waals surface area contributed by atoms with Gasteiger partial charge in [-0.15, -0.1) is 32.9 Å². The number of rotatable bonds is 6. The maximum Gasteiger partial charge on any atom is 0.233 e. The van der Waals surface area contributed by atoms with Gasteiger partial charge in [-0.2, -0.15) is 0 Å². The lowest BCUT2D eigenvalue weighted by molar-refractivity contribution is -0.130. The Morgan fingerprint density at radius 1 is 1.35 bits per heavy atom. The van der Waals surface area contributed by atoms with E-state index >= 15 is 0 Å². The number of fused-ring (bicyclic) bond motifs is 1. The highest BCUT2D eigenvalue weighted by Crippen LogP contribution is 2.40. The topological polar surface area (TPSA) is 58.1 Å². The maximum absolute atomic E-state index is 13.0. The fraction of sp³-hybridized carbons (Fsp3) is 0.353. The molecule has 0 aromatic carbocycles. The fourth-order valence-corrected chi connectivity index (χ4v) is 6.50. The lowest BCUT2D eigenvalue weighted by atomic mass is 9.98.